The number of esters is 1. The van der Waals surface area contributed by atoms with Gasteiger partial charge in [0.2, 0.25) is 5.91 Å². The van der Waals surface area contributed by atoms with Gasteiger partial charge in [-0.05, 0) is 42.2 Å². The van der Waals surface area contributed by atoms with E-state index in [1.807, 2.05) is 23.1 Å². The highest BCUT2D eigenvalue weighted by Gasteiger charge is 2.81. The zero-order chi connectivity index (χ0) is 23.7. The first-order valence-electron chi connectivity index (χ1n) is 12.4. The van der Waals surface area contributed by atoms with Crippen LogP contribution in [0.4, 0.5) is 0 Å². The van der Waals surface area contributed by atoms with Crippen LogP contribution in [0, 0.1) is 11.3 Å². The van der Waals surface area contributed by atoms with E-state index in [4.69, 9.17) is 16.3 Å². The summed E-state index contributed by atoms with van der Waals surface area (Å²) < 4.78 is 5.44. The minimum absolute atomic E-state index is 0.00261. The zero-order valence-electron chi connectivity index (χ0n) is 19.7. The molecule has 2 saturated heterocycles. The average Bonchev–Trinajstić information content (AvgIpc) is 3.29. The lowest BCUT2D eigenvalue weighted by molar-refractivity contribution is -0.151. The number of rotatable bonds is 4. The van der Waals surface area contributed by atoms with Crippen molar-refractivity contribution in [2.24, 2.45) is 11.3 Å². The lowest BCUT2D eigenvalue weighted by Gasteiger charge is -2.57. The minimum Gasteiger partial charge on any atom is -0.468 e. The van der Waals surface area contributed by atoms with Gasteiger partial charge in [-0.25, -0.2) is 0 Å². The van der Waals surface area contributed by atoms with Gasteiger partial charge in [-0.15, -0.1) is 11.6 Å². The van der Waals surface area contributed by atoms with E-state index in [0.717, 1.165) is 30.4 Å². The summed E-state index contributed by atoms with van der Waals surface area (Å²) in [6, 6.07) is 10.2. The predicted molar refractivity (Wildman–Crippen MR) is 131 cm³/mol. The van der Waals surface area contributed by atoms with Gasteiger partial charge in [0.1, 0.15) is 0 Å². The molecule has 1 aromatic carbocycles. The standard InChI is InChI=1S/C28H31ClN2O3/c1-3-26-14-9-15-30-23(32)16-21-20-12-7-8-13-22(20)31(17-19-10-5-4-6-11-19)28(21,24(26)30)27(29,18-26)25(33)34-2/h4-8,10-13,16,20,22,24H,3,9,14-15,17-18H2,1-2H3/t20-,22+,24+,26+,27-,28-/m1/s1. The number of likely N-dealkylation sites (tertiary alicyclic amines) is 1. The number of allylic oxidation sites excluding steroid dienone is 2. The van der Waals surface area contributed by atoms with Gasteiger partial charge in [0.15, 0.2) is 4.87 Å². The average molecular weight is 479 g/mol. The van der Waals surface area contributed by atoms with Crippen LogP contribution in [0.25, 0.3) is 0 Å². The Hall–Kier alpha value is -2.37. The molecule has 34 heavy (non-hydrogen) atoms. The fourth-order valence-corrected chi connectivity index (χ4v) is 8.71. The number of methoxy groups -OCH3 is 1. The normalized spacial score (nSPS) is 40.0. The summed E-state index contributed by atoms with van der Waals surface area (Å²) in [6.07, 6.45) is 13.6. The van der Waals surface area contributed by atoms with E-state index < -0.39 is 10.4 Å². The van der Waals surface area contributed by atoms with E-state index in [2.05, 4.69) is 48.3 Å². The molecule has 2 aliphatic carbocycles. The van der Waals surface area contributed by atoms with Crippen molar-refractivity contribution in [3.63, 3.8) is 0 Å². The number of piperidine rings is 1. The number of amides is 1. The Morgan fingerprint density at radius 2 is 1.97 bits per heavy atom. The molecular weight excluding hydrogens is 448 g/mol. The van der Waals surface area contributed by atoms with Gasteiger partial charge in [0.25, 0.3) is 0 Å². The van der Waals surface area contributed by atoms with Crippen LogP contribution < -0.4 is 0 Å². The summed E-state index contributed by atoms with van der Waals surface area (Å²) in [6.45, 7) is 3.52. The third-order valence-electron chi connectivity index (χ3n) is 9.25. The van der Waals surface area contributed by atoms with E-state index in [-0.39, 0.29) is 35.3 Å². The molecule has 3 heterocycles. The molecule has 5 nitrogen and oxygen atoms in total. The molecule has 0 N–H and O–H groups in total. The molecule has 1 amide bonds. The molecule has 6 rings (SSSR count). The van der Waals surface area contributed by atoms with Crippen LogP contribution >= 0.6 is 11.6 Å². The molecule has 3 aliphatic heterocycles. The van der Waals surface area contributed by atoms with Crippen molar-refractivity contribution in [1.29, 1.82) is 0 Å². The maximum absolute atomic E-state index is 13.7. The first-order chi connectivity index (χ1) is 16.4. The second-order valence-electron chi connectivity index (χ2n) is 10.5. The summed E-state index contributed by atoms with van der Waals surface area (Å²) in [5.41, 5.74) is 1.07. The SMILES string of the molecule is CC[C@@]12CCCN3C(=O)C=C4[C@H]5C=CC=C[C@@H]5N(Cc5ccccc5)[C@]4([C@@H]31)[C@](Cl)(C(=O)OC)C2. The molecule has 1 saturated carbocycles. The fraction of sp³-hybridized carbons (Fsp3) is 0.500. The Morgan fingerprint density at radius 3 is 2.71 bits per heavy atom. The predicted octanol–water partition coefficient (Wildman–Crippen LogP) is 4.23. The fourth-order valence-electron chi connectivity index (χ4n) is 8.05. The van der Waals surface area contributed by atoms with Crippen molar-refractivity contribution in [3.8, 4) is 0 Å². The first-order valence-corrected chi connectivity index (χ1v) is 12.8. The van der Waals surface area contributed by atoms with Crippen LogP contribution in [0.3, 0.4) is 0 Å². The summed E-state index contributed by atoms with van der Waals surface area (Å²) >= 11 is 7.65. The number of carbonyl (C=O) groups excluding carboxylic acids is 2. The molecule has 0 bridgehead atoms. The smallest absolute Gasteiger partial charge is 0.329 e. The van der Waals surface area contributed by atoms with Gasteiger partial charge in [0.05, 0.1) is 18.7 Å². The molecule has 6 heteroatoms. The number of alkyl halides is 1. The van der Waals surface area contributed by atoms with Crippen molar-refractivity contribution in [2.75, 3.05) is 13.7 Å². The Balaban J connectivity index is 1.66. The summed E-state index contributed by atoms with van der Waals surface area (Å²) in [4.78, 5) is 30.5. The van der Waals surface area contributed by atoms with E-state index in [9.17, 15) is 9.59 Å². The van der Waals surface area contributed by atoms with Gasteiger partial charge in [-0.3, -0.25) is 14.5 Å². The van der Waals surface area contributed by atoms with Gasteiger partial charge in [-0.1, -0.05) is 61.6 Å². The second-order valence-corrected chi connectivity index (χ2v) is 11.1. The van der Waals surface area contributed by atoms with Gasteiger partial charge >= 0.3 is 5.97 Å². The molecule has 0 aromatic heterocycles. The number of fused-ring (bicyclic) bond motifs is 2. The molecule has 3 fully saturated rings. The molecule has 0 radical (unpaired) electrons. The number of benzene rings is 1. The van der Waals surface area contributed by atoms with Crippen molar-refractivity contribution in [2.45, 2.75) is 61.6 Å². The number of hydrogen-bond donors (Lipinski definition) is 0. The van der Waals surface area contributed by atoms with E-state index in [1.54, 1.807) is 6.08 Å². The highest BCUT2D eigenvalue weighted by atomic mass is 35.5. The van der Waals surface area contributed by atoms with Crippen molar-refractivity contribution in [3.05, 3.63) is 71.8 Å². The highest BCUT2D eigenvalue weighted by Crippen LogP contribution is 2.70. The molecule has 1 spiro atoms. The molecule has 6 atom stereocenters. The topological polar surface area (TPSA) is 49.9 Å². The largest absolute Gasteiger partial charge is 0.468 e. The van der Waals surface area contributed by atoms with Crippen LogP contribution in [0.5, 0.6) is 0 Å². The Morgan fingerprint density at radius 1 is 1.21 bits per heavy atom. The number of halogens is 1. The van der Waals surface area contributed by atoms with Crippen molar-refractivity contribution < 1.29 is 14.3 Å². The lowest BCUT2D eigenvalue weighted by atomic mass is 9.65. The lowest BCUT2D eigenvalue weighted by Crippen LogP contribution is -2.73. The third-order valence-corrected chi connectivity index (χ3v) is 9.83. The number of ether oxygens (including phenoxy) is 1. The molecular formula is C28H31ClN2O3. The van der Waals surface area contributed by atoms with Gasteiger partial charge in [0, 0.05) is 31.1 Å². The number of nitrogens with zero attached hydrogens (tertiary/aromatic N) is 2. The molecule has 1 aromatic rings. The Bertz CT molecular complexity index is 1130. The molecule has 178 valence electrons. The van der Waals surface area contributed by atoms with Crippen LogP contribution in [0.1, 0.15) is 38.2 Å². The monoisotopic (exact) mass is 478 g/mol. The van der Waals surface area contributed by atoms with Gasteiger partial charge in [-0.2, -0.15) is 0 Å². The van der Waals surface area contributed by atoms with Crippen LogP contribution in [-0.4, -0.2) is 57.8 Å². The second kappa shape index (κ2) is 7.56. The summed E-state index contributed by atoms with van der Waals surface area (Å²) in [5, 5.41) is 0. The quantitative estimate of drug-likeness (QED) is 0.480. The van der Waals surface area contributed by atoms with Crippen LogP contribution in [0.2, 0.25) is 0 Å². The van der Waals surface area contributed by atoms with Gasteiger partial charge < -0.3 is 9.64 Å². The Kier molecular flexibility index (Phi) is 4.92. The minimum atomic E-state index is -1.29. The first kappa shape index (κ1) is 22.1. The molecule has 0 unspecified atom stereocenters. The maximum Gasteiger partial charge on any atom is 0.329 e. The summed E-state index contributed by atoms with van der Waals surface area (Å²) in [7, 11) is 1.43. The van der Waals surface area contributed by atoms with Crippen LogP contribution in [-0.2, 0) is 20.9 Å². The summed E-state index contributed by atoms with van der Waals surface area (Å²) in [5.74, 6) is -0.333. The van der Waals surface area contributed by atoms with Crippen molar-refractivity contribution >= 4 is 23.5 Å². The van der Waals surface area contributed by atoms with E-state index in [0.29, 0.717) is 19.5 Å². The van der Waals surface area contributed by atoms with E-state index >= 15 is 0 Å². The highest BCUT2D eigenvalue weighted by molar-refractivity contribution is 6.36. The zero-order valence-corrected chi connectivity index (χ0v) is 20.5. The maximum atomic E-state index is 13.7. The number of hydrogen-bond acceptors (Lipinski definition) is 4. The number of carbonyl (C=O) groups is 2. The van der Waals surface area contributed by atoms with E-state index in [1.165, 1.54) is 7.11 Å². The Labute approximate surface area is 206 Å². The third kappa shape index (κ3) is 2.55. The molecule has 5 aliphatic rings. The van der Waals surface area contributed by atoms with Crippen LogP contribution in [0.15, 0.2) is 66.3 Å². The van der Waals surface area contributed by atoms with Crippen molar-refractivity contribution in [1.82, 2.24) is 9.80 Å².